The summed E-state index contributed by atoms with van der Waals surface area (Å²) in [6, 6.07) is 13.4. The third-order valence-electron chi connectivity index (χ3n) is 5.12. The van der Waals surface area contributed by atoms with E-state index in [0.717, 1.165) is 31.4 Å². The smallest absolute Gasteiger partial charge is 0.257 e. The molecule has 0 saturated heterocycles. The maximum Gasteiger partial charge on any atom is 0.257 e. The van der Waals surface area contributed by atoms with Gasteiger partial charge in [-0.2, -0.15) is 0 Å². The second kappa shape index (κ2) is 6.36. The molecular formula is C21H22N2O2. The van der Waals surface area contributed by atoms with Crippen LogP contribution < -0.4 is 10.2 Å². The molecule has 4 nitrogen and oxygen atoms in total. The Labute approximate surface area is 147 Å². The van der Waals surface area contributed by atoms with Crippen molar-refractivity contribution in [2.24, 2.45) is 5.92 Å². The number of rotatable bonds is 4. The molecule has 2 aliphatic rings. The maximum atomic E-state index is 12.8. The summed E-state index contributed by atoms with van der Waals surface area (Å²) in [7, 11) is 1.75. The molecule has 2 aromatic carbocycles. The Morgan fingerprint density at radius 3 is 2.60 bits per heavy atom. The van der Waals surface area contributed by atoms with Crippen LogP contribution in [0.4, 0.5) is 11.4 Å². The lowest BCUT2D eigenvalue weighted by Crippen LogP contribution is -2.29. The first kappa shape index (κ1) is 15.9. The van der Waals surface area contributed by atoms with Gasteiger partial charge in [0.1, 0.15) is 0 Å². The first-order chi connectivity index (χ1) is 12.1. The minimum atomic E-state index is -0.177. The number of nitrogens with one attached hydrogen (secondary N) is 1. The van der Waals surface area contributed by atoms with E-state index in [2.05, 4.69) is 17.4 Å². The maximum absolute atomic E-state index is 12.8. The van der Waals surface area contributed by atoms with Crippen LogP contribution in [0.15, 0.2) is 42.5 Å². The Balaban J connectivity index is 1.57. The molecular weight excluding hydrogens is 312 g/mol. The van der Waals surface area contributed by atoms with Crippen molar-refractivity contribution in [2.45, 2.75) is 32.1 Å². The van der Waals surface area contributed by atoms with Gasteiger partial charge in [-0.05, 0) is 67.5 Å². The Bertz CT molecular complexity index is 840. The first-order valence-corrected chi connectivity index (χ1v) is 8.93. The number of fused-ring (bicyclic) bond motifs is 1. The van der Waals surface area contributed by atoms with Crippen molar-refractivity contribution in [2.75, 3.05) is 17.3 Å². The number of para-hydroxylation sites is 1. The predicted octanol–water partition coefficient (Wildman–Crippen LogP) is 3.80. The SMILES string of the molecule is CN(C(=O)C1CC1)c1ccccc1C(=O)Nc1ccc2c(c1)CCC2. The topological polar surface area (TPSA) is 49.4 Å². The molecule has 0 aliphatic heterocycles. The molecule has 2 aromatic rings. The van der Waals surface area contributed by atoms with Gasteiger partial charge < -0.3 is 10.2 Å². The highest BCUT2D eigenvalue weighted by Gasteiger charge is 2.33. The van der Waals surface area contributed by atoms with E-state index in [0.29, 0.717) is 11.3 Å². The highest BCUT2D eigenvalue weighted by molar-refractivity contribution is 6.11. The van der Waals surface area contributed by atoms with Crippen LogP contribution in [-0.2, 0) is 17.6 Å². The van der Waals surface area contributed by atoms with E-state index in [-0.39, 0.29) is 17.7 Å². The molecule has 2 amide bonds. The van der Waals surface area contributed by atoms with E-state index in [9.17, 15) is 9.59 Å². The third-order valence-corrected chi connectivity index (χ3v) is 5.12. The van der Waals surface area contributed by atoms with Crippen LogP contribution in [0.25, 0.3) is 0 Å². The normalized spacial score (nSPS) is 15.6. The summed E-state index contributed by atoms with van der Waals surface area (Å²) in [5, 5.41) is 2.99. The fraction of sp³-hybridized carbons (Fsp3) is 0.333. The summed E-state index contributed by atoms with van der Waals surface area (Å²) < 4.78 is 0. The van der Waals surface area contributed by atoms with Gasteiger partial charge in [0.2, 0.25) is 5.91 Å². The summed E-state index contributed by atoms with van der Waals surface area (Å²) in [6.45, 7) is 0. The van der Waals surface area contributed by atoms with Crippen LogP contribution in [0.3, 0.4) is 0 Å². The number of nitrogens with zero attached hydrogens (tertiary/aromatic N) is 1. The lowest BCUT2D eigenvalue weighted by Gasteiger charge is -2.20. The Morgan fingerprint density at radius 1 is 1.04 bits per heavy atom. The molecule has 0 aromatic heterocycles. The molecule has 0 heterocycles. The largest absolute Gasteiger partial charge is 0.322 e. The molecule has 1 fully saturated rings. The van der Waals surface area contributed by atoms with Crippen LogP contribution in [-0.4, -0.2) is 18.9 Å². The molecule has 0 bridgehead atoms. The van der Waals surface area contributed by atoms with Crippen LogP contribution in [0.2, 0.25) is 0 Å². The Hall–Kier alpha value is -2.62. The van der Waals surface area contributed by atoms with E-state index in [4.69, 9.17) is 0 Å². The van der Waals surface area contributed by atoms with E-state index in [1.807, 2.05) is 24.3 Å². The fourth-order valence-corrected chi connectivity index (χ4v) is 3.53. The lowest BCUT2D eigenvalue weighted by molar-refractivity contribution is -0.119. The number of benzene rings is 2. The molecule has 1 saturated carbocycles. The van der Waals surface area contributed by atoms with Crippen LogP contribution in [0.5, 0.6) is 0 Å². The Morgan fingerprint density at radius 2 is 1.80 bits per heavy atom. The monoisotopic (exact) mass is 334 g/mol. The average molecular weight is 334 g/mol. The van der Waals surface area contributed by atoms with Crippen molar-refractivity contribution < 1.29 is 9.59 Å². The molecule has 0 spiro atoms. The molecule has 0 atom stereocenters. The van der Waals surface area contributed by atoms with Crippen molar-refractivity contribution in [3.05, 3.63) is 59.2 Å². The van der Waals surface area contributed by atoms with Gasteiger partial charge >= 0.3 is 0 Å². The van der Waals surface area contributed by atoms with Gasteiger partial charge in [0.05, 0.1) is 11.3 Å². The van der Waals surface area contributed by atoms with E-state index in [1.165, 1.54) is 17.5 Å². The zero-order chi connectivity index (χ0) is 17.4. The van der Waals surface area contributed by atoms with E-state index in [1.54, 1.807) is 18.0 Å². The van der Waals surface area contributed by atoms with Gasteiger partial charge in [-0.15, -0.1) is 0 Å². The summed E-state index contributed by atoms with van der Waals surface area (Å²) >= 11 is 0. The van der Waals surface area contributed by atoms with Crippen molar-refractivity contribution in [1.29, 1.82) is 0 Å². The second-order valence-corrected chi connectivity index (χ2v) is 6.98. The number of hydrogen-bond acceptors (Lipinski definition) is 2. The number of carbonyl (C=O) groups is 2. The quantitative estimate of drug-likeness (QED) is 0.924. The highest BCUT2D eigenvalue weighted by atomic mass is 16.2. The minimum Gasteiger partial charge on any atom is -0.322 e. The third kappa shape index (κ3) is 3.16. The predicted molar refractivity (Wildman–Crippen MR) is 99.0 cm³/mol. The highest BCUT2D eigenvalue weighted by Crippen LogP contribution is 2.33. The van der Waals surface area contributed by atoms with Crippen LogP contribution >= 0.6 is 0 Å². The minimum absolute atomic E-state index is 0.0952. The molecule has 1 N–H and O–H groups in total. The van der Waals surface area contributed by atoms with Gasteiger partial charge in [-0.1, -0.05) is 18.2 Å². The van der Waals surface area contributed by atoms with Crippen molar-refractivity contribution in [1.82, 2.24) is 0 Å². The molecule has 0 radical (unpaired) electrons. The van der Waals surface area contributed by atoms with E-state index >= 15 is 0 Å². The van der Waals surface area contributed by atoms with Gasteiger partial charge in [-0.3, -0.25) is 9.59 Å². The zero-order valence-corrected chi connectivity index (χ0v) is 14.4. The van der Waals surface area contributed by atoms with Crippen LogP contribution in [0.1, 0.15) is 40.7 Å². The first-order valence-electron chi connectivity index (χ1n) is 8.93. The zero-order valence-electron chi connectivity index (χ0n) is 14.4. The summed E-state index contributed by atoms with van der Waals surface area (Å²) in [6.07, 6.45) is 5.29. The summed E-state index contributed by atoms with van der Waals surface area (Å²) in [5.74, 6) is 0.0413. The van der Waals surface area contributed by atoms with Gasteiger partial charge in [0, 0.05) is 18.7 Å². The number of aryl methyl sites for hydroxylation is 2. The van der Waals surface area contributed by atoms with Gasteiger partial charge in [0.25, 0.3) is 5.91 Å². The second-order valence-electron chi connectivity index (χ2n) is 6.98. The van der Waals surface area contributed by atoms with Crippen LogP contribution in [0, 0.1) is 5.92 Å². The lowest BCUT2D eigenvalue weighted by atomic mass is 10.1. The number of anilines is 2. The average Bonchev–Trinajstić information content (AvgIpc) is 3.38. The molecule has 4 heteroatoms. The summed E-state index contributed by atoms with van der Waals surface area (Å²) in [4.78, 5) is 26.8. The Kier molecular flexibility index (Phi) is 4.04. The molecule has 2 aliphatic carbocycles. The number of amides is 2. The fourth-order valence-electron chi connectivity index (χ4n) is 3.53. The molecule has 0 unspecified atom stereocenters. The van der Waals surface area contributed by atoms with Crippen molar-refractivity contribution in [3.8, 4) is 0 Å². The van der Waals surface area contributed by atoms with Gasteiger partial charge in [0.15, 0.2) is 0 Å². The summed E-state index contributed by atoms with van der Waals surface area (Å²) in [5.41, 5.74) is 4.72. The van der Waals surface area contributed by atoms with E-state index < -0.39 is 0 Å². The number of carbonyl (C=O) groups excluding carboxylic acids is 2. The molecule has 128 valence electrons. The van der Waals surface area contributed by atoms with Crippen molar-refractivity contribution >= 4 is 23.2 Å². The van der Waals surface area contributed by atoms with Crippen molar-refractivity contribution in [3.63, 3.8) is 0 Å². The number of hydrogen-bond donors (Lipinski definition) is 1. The molecule has 25 heavy (non-hydrogen) atoms. The molecule has 4 rings (SSSR count). The standard InChI is InChI=1S/C21H22N2O2/c1-23(21(25)15-9-10-15)19-8-3-2-7-18(19)20(24)22-17-12-11-14-5-4-6-16(14)13-17/h2-3,7-8,11-13,15H,4-6,9-10H2,1H3,(H,22,24). The van der Waals surface area contributed by atoms with Gasteiger partial charge in [-0.25, -0.2) is 0 Å².